The van der Waals surface area contributed by atoms with Gasteiger partial charge in [0.2, 0.25) is 0 Å². The normalized spacial score (nSPS) is 17.9. The predicted molar refractivity (Wildman–Crippen MR) is 101 cm³/mol. The highest BCUT2D eigenvalue weighted by Gasteiger charge is 2.40. The van der Waals surface area contributed by atoms with Gasteiger partial charge in [0, 0.05) is 12.7 Å². The van der Waals surface area contributed by atoms with Crippen molar-refractivity contribution >= 4 is 17.2 Å². The molecule has 134 valence electrons. The van der Waals surface area contributed by atoms with Crippen molar-refractivity contribution in [1.82, 2.24) is 15.6 Å². The van der Waals surface area contributed by atoms with Gasteiger partial charge in [-0.15, -0.1) is 11.3 Å². The first-order valence-corrected chi connectivity index (χ1v) is 9.47. The number of nitrogens with zero attached hydrogens (tertiary/aromatic N) is 1. The maximum absolute atomic E-state index is 12.8. The Morgan fingerprint density at radius 3 is 2.64 bits per heavy atom. The lowest BCUT2D eigenvalue weighted by atomic mass is 9.91. The molecule has 1 atom stereocenters. The van der Waals surface area contributed by atoms with Crippen molar-refractivity contribution < 1.29 is 9.53 Å². The lowest BCUT2D eigenvalue weighted by molar-refractivity contribution is -0.147. The van der Waals surface area contributed by atoms with Gasteiger partial charge in [-0.2, -0.15) is 0 Å². The van der Waals surface area contributed by atoms with E-state index >= 15 is 0 Å². The fourth-order valence-corrected chi connectivity index (χ4v) is 4.34. The highest BCUT2D eigenvalue weighted by molar-refractivity contribution is 7.15. The number of aromatic nitrogens is 1. The molecule has 1 amide bonds. The number of carbonyl (C=O) groups excluding carboxylic acids is 1. The molecule has 1 aliphatic heterocycles. The highest BCUT2D eigenvalue weighted by atomic mass is 32.1. The summed E-state index contributed by atoms with van der Waals surface area (Å²) < 4.78 is 5.62. The Labute approximate surface area is 152 Å². The number of ether oxygens (including phenoxy) is 1. The van der Waals surface area contributed by atoms with E-state index in [1.54, 1.807) is 18.4 Å². The molecule has 0 radical (unpaired) electrons. The van der Waals surface area contributed by atoms with Crippen molar-refractivity contribution in [2.75, 3.05) is 20.2 Å². The molecule has 1 aromatic heterocycles. The lowest BCUT2D eigenvalue weighted by Gasteiger charge is -2.35. The van der Waals surface area contributed by atoms with E-state index in [2.05, 4.69) is 27.8 Å². The first kappa shape index (κ1) is 18.0. The molecule has 6 heteroatoms. The zero-order chi connectivity index (χ0) is 17.9. The largest absolute Gasteiger partial charge is 0.368 e. The van der Waals surface area contributed by atoms with Crippen LogP contribution in [0.2, 0.25) is 0 Å². The third-order valence-corrected chi connectivity index (χ3v) is 6.20. The van der Waals surface area contributed by atoms with E-state index in [-0.39, 0.29) is 11.9 Å². The molecule has 0 spiro atoms. The van der Waals surface area contributed by atoms with Crippen molar-refractivity contribution in [1.29, 1.82) is 0 Å². The molecule has 0 aliphatic carbocycles. The summed E-state index contributed by atoms with van der Waals surface area (Å²) in [4.78, 5) is 18.6. The van der Waals surface area contributed by atoms with Crippen molar-refractivity contribution in [3.8, 4) is 10.6 Å². The molecular formula is C19H25N3O2S. The fourth-order valence-electron chi connectivity index (χ4n) is 3.26. The van der Waals surface area contributed by atoms with Crippen LogP contribution in [0.25, 0.3) is 10.6 Å². The number of nitrogens with one attached hydrogen (secondary N) is 2. The molecule has 2 N–H and O–H groups in total. The van der Waals surface area contributed by atoms with Crippen LogP contribution in [-0.2, 0) is 9.53 Å². The van der Waals surface area contributed by atoms with Crippen molar-refractivity contribution in [3.05, 3.63) is 40.9 Å². The molecule has 3 rings (SSSR count). The average molecular weight is 359 g/mol. The smallest absolute Gasteiger partial charge is 0.252 e. The van der Waals surface area contributed by atoms with E-state index in [0.717, 1.165) is 34.2 Å². The molecule has 1 unspecified atom stereocenters. The SMILES string of the molecule is COC1(C(=O)NC(C)c2sc(-c3ccccc3)nc2C)CCNCC1. The Balaban J connectivity index is 1.76. The number of methoxy groups -OCH3 is 1. The lowest BCUT2D eigenvalue weighted by Crippen LogP contribution is -2.54. The maximum atomic E-state index is 12.8. The Morgan fingerprint density at radius 2 is 2.00 bits per heavy atom. The second-order valence-corrected chi connectivity index (χ2v) is 7.51. The molecule has 0 saturated carbocycles. The van der Waals surface area contributed by atoms with Crippen LogP contribution in [0.1, 0.15) is 36.4 Å². The first-order chi connectivity index (χ1) is 12.1. The Morgan fingerprint density at radius 1 is 1.32 bits per heavy atom. The molecule has 1 fully saturated rings. The predicted octanol–water partition coefficient (Wildman–Crippen LogP) is 3.06. The van der Waals surface area contributed by atoms with Gasteiger partial charge in [-0.3, -0.25) is 4.79 Å². The summed E-state index contributed by atoms with van der Waals surface area (Å²) in [6.07, 6.45) is 1.39. The minimum atomic E-state index is -0.722. The number of rotatable bonds is 5. The van der Waals surface area contributed by atoms with Gasteiger partial charge in [0.1, 0.15) is 10.6 Å². The van der Waals surface area contributed by atoms with Crippen LogP contribution in [0, 0.1) is 6.92 Å². The zero-order valence-electron chi connectivity index (χ0n) is 15.0. The van der Waals surface area contributed by atoms with Crippen LogP contribution in [0.5, 0.6) is 0 Å². The van der Waals surface area contributed by atoms with Crippen LogP contribution < -0.4 is 10.6 Å². The van der Waals surface area contributed by atoms with E-state index < -0.39 is 5.60 Å². The number of thiazole rings is 1. The minimum absolute atomic E-state index is 0.0296. The zero-order valence-corrected chi connectivity index (χ0v) is 15.8. The monoisotopic (exact) mass is 359 g/mol. The van der Waals surface area contributed by atoms with Crippen LogP contribution in [0.4, 0.5) is 0 Å². The molecule has 1 aliphatic rings. The summed E-state index contributed by atoms with van der Waals surface area (Å²) in [6, 6.07) is 10.0. The van der Waals surface area contributed by atoms with E-state index in [1.807, 2.05) is 32.0 Å². The quantitative estimate of drug-likeness (QED) is 0.861. The molecule has 5 nitrogen and oxygen atoms in total. The van der Waals surface area contributed by atoms with Gasteiger partial charge in [0.25, 0.3) is 5.91 Å². The summed E-state index contributed by atoms with van der Waals surface area (Å²) >= 11 is 1.64. The molecule has 25 heavy (non-hydrogen) atoms. The summed E-state index contributed by atoms with van der Waals surface area (Å²) in [5, 5.41) is 7.40. The highest BCUT2D eigenvalue weighted by Crippen LogP contribution is 2.32. The van der Waals surface area contributed by atoms with E-state index in [0.29, 0.717) is 12.8 Å². The van der Waals surface area contributed by atoms with Gasteiger partial charge in [-0.25, -0.2) is 4.98 Å². The van der Waals surface area contributed by atoms with Crippen molar-refractivity contribution in [2.24, 2.45) is 0 Å². The third-order valence-electron chi connectivity index (χ3n) is 4.81. The summed E-state index contributed by atoms with van der Waals surface area (Å²) in [7, 11) is 1.63. The molecule has 1 aromatic carbocycles. The first-order valence-electron chi connectivity index (χ1n) is 8.65. The van der Waals surface area contributed by atoms with Crippen LogP contribution >= 0.6 is 11.3 Å². The molecular weight excluding hydrogens is 334 g/mol. The van der Waals surface area contributed by atoms with Gasteiger partial charge in [0.15, 0.2) is 0 Å². The van der Waals surface area contributed by atoms with Crippen molar-refractivity contribution in [2.45, 2.75) is 38.3 Å². The number of hydrogen-bond acceptors (Lipinski definition) is 5. The average Bonchev–Trinajstić information content (AvgIpc) is 3.05. The topological polar surface area (TPSA) is 63.2 Å². The van der Waals surface area contributed by atoms with E-state index in [1.165, 1.54) is 0 Å². The number of aryl methyl sites for hydroxylation is 1. The molecule has 0 bridgehead atoms. The van der Waals surface area contributed by atoms with E-state index in [9.17, 15) is 4.79 Å². The summed E-state index contributed by atoms with van der Waals surface area (Å²) in [5.41, 5.74) is 1.35. The summed E-state index contributed by atoms with van der Waals surface area (Å²) in [5.74, 6) is -0.0296. The number of hydrogen-bond donors (Lipinski definition) is 2. The second kappa shape index (κ2) is 7.64. The number of piperidine rings is 1. The van der Waals surface area contributed by atoms with Gasteiger partial charge >= 0.3 is 0 Å². The second-order valence-electron chi connectivity index (χ2n) is 6.48. The molecule has 2 heterocycles. The van der Waals surface area contributed by atoms with Gasteiger partial charge in [-0.05, 0) is 39.8 Å². The maximum Gasteiger partial charge on any atom is 0.252 e. The minimum Gasteiger partial charge on any atom is -0.368 e. The van der Waals surface area contributed by atoms with E-state index in [4.69, 9.17) is 4.74 Å². The molecule has 2 aromatic rings. The fraction of sp³-hybridized carbons (Fsp3) is 0.474. The third kappa shape index (κ3) is 3.76. The van der Waals surface area contributed by atoms with Crippen LogP contribution in [-0.4, -0.2) is 36.7 Å². The molecule has 1 saturated heterocycles. The van der Waals surface area contributed by atoms with Crippen LogP contribution in [0.15, 0.2) is 30.3 Å². The van der Waals surface area contributed by atoms with Gasteiger partial charge in [0.05, 0.1) is 16.6 Å². The Hall–Kier alpha value is -1.76. The van der Waals surface area contributed by atoms with Gasteiger partial charge in [-0.1, -0.05) is 30.3 Å². The number of amides is 1. The van der Waals surface area contributed by atoms with Crippen molar-refractivity contribution in [3.63, 3.8) is 0 Å². The number of benzene rings is 1. The van der Waals surface area contributed by atoms with Gasteiger partial charge < -0.3 is 15.4 Å². The van der Waals surface area contributed by atoms with Crippen LogP contribution in [0.3, 0.4) is 0 Å². The summed E-state index contributed by atoms with van der Waals surface area (Å²) in [6.45, 7) is 5.61. The standard InChI is InChI=1S/C19H25N3O2S/c1-13-16(25-17(21-13)15-7-5-4-6-8-15)14(2)22-18(23)19(24-3)9-11-20-12-10-19/h4-8,14,20H,9-12H2,1-3H3,(H,22,23). The Bertz CT molecular complexity index is 724. The number of carbonyl (C=O) groups is 1. The Kier molecular flexibility index (Phi) is 5.51.